The summed E-state index contributed by atoms with van der Waals surface area (Å²) in [7, 11) is 0. The molecule has 0 aromatic rings. The summed E-state index contributed by atoms with van der Waals surface area (Å²) >= 11 is 0. The number of aliphatic hydroxyl groups excluding tert-OH is 2. The molecule has 1 saturated heterocycles. The molecule has 1 aliphatic heterocycles. The van der Waals surface area contributed by atoms with Crippen LogP contribution in [0.3, 0.4) is 0 Å². The molecular formula is C12H23NO3. The Bertz CT molecular complexity index is 236. The Morgan fingerprint density at radius 3 is 2.81 bits per heavy atom. The van der Waals surface area contributed by atoms with Gasteiger partial charge in [0.25, 0.3) is 0 Å². The van der Waals surface area contributed by atoms with Crippen LogP contribution in [0.4, 0.5) is 0 Å². The highest BCUT2D eigenvalue weighted by molar-refractivity contribution is 4.97. The second kappa shape index (κ2) is 5.00. The molecule has 4 nitrogen and oxygen atoms in total. The first-order chi connectivity index (χ1) is 7.65. The minimum absolute atomic E-state index is 0.0163. The molecule has 2 rings (SSSR count). The van der Waals surface area contributed by atoms with Gasteiger partial charge in [0.05, 0.1) is 32.0 Å². The zero-order valence-electron chi connectivity index (χ0n) is 9.98. The first kappa shape index (κ1) is 12.3. The number of hydrogen-bond acceptors (Lipinski definition) is 4. The maximum Gasteiger partial charge on any atom is 0.0948 e. The lowest BCUT2D eigenvalue weighted by Crippen LogP contribution is -2.58. The van der Waals surface area contributed by atoms with Gasteiger partial charge in [0.2, 0.25) is 0 Å². The van der Waals surface area contributed by atoms with Crippen molar-refractivity contribution in [3.63, 3.8) is 0 Å². The molecule has 2 aliphatic rings. The number of rotatable bonds is 3. The van der Waals surface area contributed by atoms with Gasteiger partial charge in [0.1, 0.15) is 0 Å². The smallest absolute Gasteiger partial charge is 0.0948 e. The van der Waals surface area contributed by atoms with E-state index in [-0.39, 0.29) is 18.2 Å². The average Bonchev–Trinajstić information content (AvgIpc) is 2.64. The van der Waals surface area contributed by atoms with Crippen molar-refractivity contribution in [3.8, 4) is 0 Å². The summed E-state index contributed by atoms with van der Waals surface area (Å²) in [5.74, 6) is 0.646. The molecule has 0 aromatic carbocycles. The van der Waals surface area contributed by atoms with Crippen LogP contribution in [0.1, 0.15) is 32.6 Å². The molecule has 1 heterocycles. The number of nitrogens with one attached hydrogen (secondary N) is 1. The fourth-order valence-corrected chi connectivity index (χ4v) is 3.05. The summed E-state index contributed by atoms with van der Waals surface area (Å²) in [6.45, 7) is 3.35. The zero-order valence-corrected chi connectivity index (χ0v) is 9.98. The largest absolute Gasteiger partial charge is 0.394 e. The molecule has 0 bridgehead atoms. The lowest BCUT2D eigenvalue weighted by Gasteiger charge is -2.41. The fraction of sp³-hybridized carbons (Fsp3) is 1.00. The first-order valence-electron chi connectivity index (χ1n) is 6.29. The van der Waals surface area contributed by atoms with Gasteiger partial charge in [-0.15, -0.1) is 0 Å². The summed E-state index contributed by atoms with van der Waals surface area (Å²) in [5.41, 5.74) is -0.197. The summed E-state index contributed by atoms with van der Waals surface area (Å²) < 4.78 is 5.23. The van der Waals surface area contributed by atoms with Crippen LogP contribution in [0.25, 0.3) is 0 Å². The van der Waals surface area contributed by atoms with E-state index in [9.17, 15) is 10.2 Å². The predicted molar refractivity (Wildman–Crippen MR) is 61.2 cm³/mol. The van der Waals surface area contributed by atoms with E-state index >= 15 is 0 Å². The molecule has 0 aromatic heterocycles. The normalized spacial score (nSPS) is 44.8. The average molecular weight is 229 g/mol. The van der Waals surface area contributed by atoms with Crippen molar-refractivity contribution in [3.05, 3.63) is 0 Å². The van der Waals surface area contributed by atoms with E-state index < -0.39 is 6.10 Å². The van der Waals surface area contributed by atoms with Crippen molar-refractivity contribution in [2.75, 3.05) is 19.8 Å². The third-order valence-corrected chi connectivity index (χ3v) is 3.94. The number of hydrogen-bond donors (Lipinski definition) is 3. The van der Waals surface area contributed by atoms with Crippen LogP contribution in [0.2, 0.25) is 0 Å². The second-order valence-electron chi connectivity index (χ2n) is 5.50. The van der Waals surface area contributed by atoms with Gasteiger partial charge < -0.3 is 20.3 Å². The Balaban J connectivity index is 1.97. The van der Waals surface area contributed by atoms with Crippen molar-refractivity contribution < 1.29 is 14.9 Å². The Kier molecular flexibility index (Phi) is 3.85. The minimum Gasteiger partial charge on any atom is -0.394 e. The fourth-order valence-electron chi connectivity index (χ4n) is 3.05. The quantitative estimate of drug-likeness (QED) is 0.650. The molecule has 16 heavy (non-hydrogen) atoms. The molecule has 4 unspecified atom stereocenters. The molecule has 3 N–H and O–H groups in total. The van der Waals surface area contributed by atoms with E-state index in [2.05, 4.69) is 12.2 Å². The van der Waals surface area contributed by atoms with Gasteiger partial charge >= 0.3 is 0 Å². The van der Waals surface area contributed by atoms with E-state index in [0.717, 1.165) is 19.3 Å². The standard InChI is InChI=1S/C12H23NO3/c1-9-3-2-4-12(5-9,8-14)13-10-6-16-7-11(10)15/h9-11,13-15H,2-8H2,1H3. The Morgan fingerprint density at radius 2 is 2.25 bits per heavy atom. The maximum atomic E-state index is 9.73. The second-order valence-corrected chi connectivity index (χ2v) is 5.50. The van der Waals surface area contributed by atoms with E-state index in [4.69, 9.17) is 4.74 Å². The molecule has 4 atom stereocenters. The lowest BCUT2D eigenvalue weighted by molar-refractivity contribution is 0.0658. The molecule has 0 spiro atoms. The number of aliphatic hydroxyl groups is 2. The third-order valence-electron chi connectivity index (χ3n) is 3.94. The summed E-state index contributed by atoms with van der Waals surface area (Å²) in [6.07, 6.45) is 3.95. The van der Waals surface area contributed by atoms with Gasteiger partial charge in [0.15, 0.2) is 0 Å². The summed E-state index contributed by atoms with van der Waals surface area (Å²) in [6, 6.07) is -0.0163. The molecule has 94 valence electrons. The molecular weight excluding hydrogens is 206 g/mol. The Labute approximate surface area is 97.0 Å². The van der Waals surface area contributed by atoms with Crippen LogP contribution < -0.4 is 5.32 Å². The highest BCUT2D eigenvalue weighted by atomic mass is 16.5. The van der Waals surface area contributed by atoms with Crippen LogP contribution in [0, 0.1) is 5.92 Å². The third kappa shape index (κ3) is 2.56. The van der Waals surface area contributed by atoms with Crippen molar-refractivity contribution in [1.29, 1.82) is 0 Å². The minimum atomic E-state index is -0.430. The highest BCUT2D eigenvalue weighted by Crippen LogP contribution is 2.32. The first-order valence-corrected chi connectivity index (χ1v) is 6.29. The van der Waals surface area contributed by atoms with E-state index in [1.807, 2.05) is 0 Å². The number of ether oxygens (including phenoxy) is 1. The van der Waals surface area contributed by atoms with Gasteiger partial charge in [0, 0.05) is 5.54 Å². The highest BCUT2D eigenvalue weighted by Gasteiger charge is 2.39. The van der Waals surface area contributed by atoms with Crippen LogP contribution in [0.15, 0.2) is 0 Å². The topological polar surface area (TPSA) is 61.7 Å². The van der Waals surface area contributed by atoms with E-state index in [1.54, 1.807) is 0 Å². The van der Waals surface area contributed by atoms with Crippen LogP contribution in [-0.2, 0) is 4.74 Å². The zero-order chi connectivity index (χ0) is 11.6. The lowest BCUT2D eigenvalue weighted by atomic mass is 9.76. The Morgan fingerprint density at radius 1 is 1.44 bits per heavy atom. The van der Waals surface area contributed by atoms with Crippen LogP contribution >= 0.6 is 0 Å². The van der Waals surface area contributed by atoms with Gasteiger partial charge in [-0.25, -0.2) is 0 Å². The molecule has 0 radical (unpaired) electrons. The molecule has 2 fully saturated rings. The van der Waals surface area contributed by atoms with E-state index in [1.165, 1.54) is 6.42 Å². The van der Waals surface area contributed by atoms with Gasteiger partial charge in [-0.2, -0.15) is 0 Å². The van der Waals surface area contributed by atoms with Crippen molar-refractivity contribution in [1.82, 2.24) is 5.32 Å². The monoisotopic (exact) mass is 229 g/mol. The van der Waals surface area contributed by atoms with Gasteiger partial charge in [-0.1, -0.05) is 19.8 Å². The molecule has 0 amide bonds. The summed E-state index contributed by atoms with van der Waals surface area (Å²) in [4.78, 5) is 0. The van der Waals surface area contributed by atoms with Crippen molar-refractivity contribution in [2.45, 2.75) is 50.3 Å². The van der Waals surface area contributed by atoms with Gasteiger partial charge in [-0.05, 0) is 18.8 Å². The van der Waals surface area contributed by atoms with Crippen LogP contribution in [-0.4, -0.2) is 47.7 Å². The molecule has 4 heteroatoms. The Hall–Kier alpha value is -0.160. The van der Waals surface area contributed by atoms with Gasteiger partial charge in [-0.3, -0.25) is 0 Å². The summed E-state index contributed by atoms with van der Waals surface area (Å²) in [5, 5.41) is 22.8. The SMILES string of the molecule is CC1CCCC(CO)(NC2COCC2O)C1. The van der Waals surface area contributed by atoms with E-state index in [0.29, 0.717) is 19.1 Å². The van der Waals surface area contributed by atoms with Crippen LogP contribution in [0.5, 0.6) is 0 Å². The maximum absolute atomic E-state index is 9.73. The molecule has 1 aliphatic carbocycles. The predicted octanol–water partition coefficient (Wildman–Crippen LogP) is 0.277. The van der Waals surface area contributed by atoms with Crippen molar-refractivity contribution >= 4 is 0 Å². The molecule has 1 saturated carbocycles. The van der Waals surface area contributed by atoms with Crippen molar-refractivity contribution in [2.24, 2.45) is 5.92 Å².